The number of nitrogens with zero attached hydrogens (tertiary/aromatic N) is 7. The number of carbonyl (C=O) groups excluding carboxylic acids is 1. The molecular weight excluding hydrogens is 334 g/mol. The van der Waals surface area contributed by atoms with E-state index in [1.54, 1.807) is 19.5 Å². The Bertz CT molecular complexity index is 747. The summed E-state index contributed by atoms with van der Waals surface area (Å²) in [5.41, 5.74) is 1.04. The lowest BCUT2D eigenvalue weighted by molar-refractivity contribution is -0.136. The zero-order chi connectivity index (χ0) is 17.9. The standard InChI is InChI=1S/C17H23N7O2/c1-26-15-12-18-6-4-14(15)22-8-10-23(11-9-22)17(25)13-2-3-16-19-20-21-24(16)7-5-13/h4,6,12-13H,2-3,5,7-11H2,1H3. The number of hydrogen-bond acceptors (Lipinski definition) is 7. The first kappa shape index (κ1) is 16.7. The van der Waals surface area contributed by atoms with E-state index in [1.165, 1.54) is 0 Å². The number of carbonyl (C=O) groups is 1. The molecule has 0 bridgehead atoms. The van der Waals surface area contributed by atoms with Crippen molar-refractivity contribution >= 4 is 11.6 Å². The Morgan fingerprint density at radius 2 is 2.04 bits per heavy atom. The number of pyridine rings is 1. The van der Waals surface area contributed by atoms with Crippen molar-refractivity contribution in [2.45, 2.75) is 25.8 Å². The van der Waals surface area contributed by atoms with Gasteiger partial charge in [-0.2, -0.15) is 0 Å². The molecule has 2 aromatic heterocycles. The Hall–Kier alpha value is -2.71. The van der Waals surface area contributed by atoms with Crippen LogP contribution in [0, 0.1) is 5.92 Å². The van der Waals surface area contributed by atoms with Crippen LogP contribution in [0.2, 0.25) is 0 Å². The molecule has 0 aromatic carbocycles. The minimum Gasteiger partial charge on any atom is -0.493 e. The molecule has 2 aliphatic heterocycles. The summed E-state index contributed by atoms with van der Waals surface area (Å²) in [6, 6.07) is 1.96. The molecule has 2 aliphatic rings. The summed E-state index contributed by atoms with van der Waals surface area (Å²) in [7, 11) is 1.65. The molecule has 9 heteroatoms. The highest BCUT2D eigenvalue weighted by Gasteiger charge is 2.30. The van der Waals surface area contributed by atoms with Crippen molar-refractivity contribution in [2.75, 3.05) is 38.2 Å². The van der Waals surface area contributed by atoms with E-state index in [-0.39, 0.29) is 11.8 Å². The van der Waals surface area contributed by atoms with Crippen molar-refractivity contribution in [1.82, 2.24) is 30.1 Å². The van der Waals surface area contributed by atoms with Crippen molar-refractivity contribution < 1.29 is 9.53 Å². The van der Waals surface area contributed by atoms with Crippen molar-refractivity contribution in [3.05, 3.63) is 24.3 Å². The Morgan fingerprint density at radius 1 is 1.19 bits per heavy atom. The number of anilines is 1. The second-order valence-electron chi connectivity index (χ2n) is 6.70. The largest absolute Gasteiger partial charge is 0.493 e. The molecule has 1 unspecified atom stereocenters. The summed E-state index contributed by atoms with van der Waals surface area (Å²) in [5, 5.41) is 11.7. The molecule has 0 saturated carbocycles. The van der Waals surface area contributed by atoms with Crippen molar-refractivity contribution in [2.24, 2.45) is 5.92 Å². The summed E-state index contributed by atoms with van der Waals surface area (Å²) in [6.07, 6.45) is 5.88. The van der Waals surface area contributed by atoms with Gasteiger partial charge in [-0.15, -0.1) is 5.10 Å². The lowest BCUT2D eigenvalue weighted by Crippen LogP contribution is -2.50. The van der Waals surface area contributed by atoms with Gasteiger partial charge in [0, 0.05) is 51.3 Å². The number of rotatable bonds is 3. The van der Waals surface area contributed by atoms with E-state index in [9.17, 15) is 4.79 Å². The van der Waals surface area contributed by atoms with Gasteiger partial charge < -0.3 is 14.5 Å². The summed E-state index contributed by atoms with van der Waals surface area (Å²) in [6.45, 7) is 3.76. The second kappa shape index (κ2) is 7.27. The number of aryl methyl sites for hydroxylation is 2. The van der Waals surface area contributed by atoms with Gasteiger partial charge in [0.15, 0.2) is 11.6 Å². The predicted molar refractivity (Wildman–Crippen MR) is 93.8 cm³/mol. The van der Waals surface area contributed by atoms with Gasteiger partial charge in [0.2, 0.25) is 5.91 Å². The predicted octanol–water partition coefficient (Wildman–Crippen LogP) is 0.378. The molecule has 2 aromatic rings. The minimum absolute atomic E-state index is 0.0421. The third-order valence-corrected chi connectivity index (χ3v) is 5.28. The van der Waals surface area contributed by atoms with Crippen LogP contribution in [0.1, 0.15) is 18.7 Å². The van der Waals surface area contributed by atoms with E-state index < -0.39 is 0 Å². The molecule has 1 atom stereocenters. The molecule has 4 heterocycles. The molecule has 9 nitrogen and oxygen atoms in total. The van der Waals surface area contributed by atoms with Gasteiger partial charge in [-0.3, -0.25) is 9.78 Å². The third kappa shape index (κ3) is 3.21. The SMILES string of the molecule is COc1cnccc1N1CCN(C(=O)C2CCc3nnnn3CC2)CC1. The Kier molecular flexibility index (Phi) is 4.68. The summed E-state index contributed by atoms with van der Waals surface area (Å²) in [4.78, 5) is 21.3. The van der Waals surface area contributed by atoms with Crippen LogP contribution in [0.3, 0.4) is 0 Å². The van der Waals surface area contributed by atoms with Crippen LogP contribution in [0.4, 0.5) is 5.69 Å². The van der Waals surface area contributed by atoms with Gasteiger partial charge in [0.05, 0.1) is 19.0 Å². The highest BCUT2D eigenvalue weighted by Crippen LogP contribution is 2.28. The number of ether oxygens (including phenoxy) is 1. The minimum atomic E-state index is 0.0421. The molecule has 4 rings (SSSR count). The van der Waals surface area contributed by atoms with Gasteiger partial charge in [-0.1, -0.05) is 0 Å². The molecule has 1 fully saturated rings. The number of methoxy groups -OCH3 is 1. The molecule has 0 N–H and O–H groups in total. The average Bonchev–Trinajstić information content (AvgIpc) is 3.06. The zero-order valence-corrected chi connectivity index (χ0v) is 14.9. The first-order valence-corrected chi connectivity index (χ1v) is 9.03. The molecule has 0 radical (unpaired) electrons. The average molecular weight is 357 g/mol. The maximum absolute atomic E-state index is 13.0. The fraction of sp³-hybridized carbons (Fsp3) is 0.588. The van der Waals surface area contributed by atoms with Gasteiger partial charge >= 0.3 is 0 Å². The van der Waals surface area contributed by atoms with Gasteiger partial charge in [0.25, 0.3) is 0 Å². The Balaban J connectivity index is 1.36. The summed E-state index contributed by atoms with van der Waals surface area (Å²) in [5.74, 6) is 1.95. The Labute approximate surface area is 151 Å². The van der Waals surface area contributed by atoms with Crippen LogP contribution >= 0.6 is 0 Å². The van der Waals surface area contributed by atoms with E-state index in [0.717, 1.165) is 62.7 Å². The van der Waals surface area contributed by atoms with Crippen LogP contribution < -0.4 is 9.64 Å². The zero-order valence-electron chi connectivity index (χ0n) is 14.9. The van der Waals surface area contributed by atoms with Crippen LogP contribution in [0.25, 0.3) is 0 Å². The fourth-order valence-corrected chi connectivity index (χ4v) is 3.77. The van der Waals surface area contributed by atoms with Gasteiger partial charge in [-0.25, -0.2) is 4.68 Å². The maximum atomic E-state index is 13.0. The molecule has 138 valence electrons. The fourth-order valence-electron chi connectivity index (χ4n) is 3.77. The van der Waals surface area contributed by atoms with E-state index in [4.69, 9.17) is 4.74 Å². The van der Waals surface area contributed by atoms with E-state index in [1.807, 2.05) is 15.6 Å². The molecule has 1 amide bonds. The first-order chi connectivity index (χ1) is 12.8. The number of fused-ring (bicyclic) bond motifs is 1. The van der Waals surface area contributed by atoms with E-state index in [2.05, 4.69) is 25.4 Å². The molecule has 0 aliphatic carbocycles. The second-order valence-corrected chi connectivity index (χ2v) is 6.70. The monoisotopic (exact) mass is 357 g/mol. The number of piperazine rings is 1. The quantitative estimate of drug-likeness (QED) is 0.784. The summed E-state index contributed by atoms with van der Waals surface area (Å²) < 4.78 is 7.22. The smallest absolute Gasteiger partial charge is 0.225 e. The first-order valence-electron chi connectivity index (χ1n) is 9.03. The normalized spacial score (nSPS) is 20.4. The summed E-state index contributed by atoms with van der Waals surface area (Å²) >= 11 is 0. The number of aromatic nitrogens is 5. The van der Waals surface area contributed by atoms with Crippen LogP contribution in [0.15, 0.2) is 18.5 Å². The van der Waals surface area contributed by atoms with Crippen molar-refractivity contribution in [3.63, 3.8) is 0 Å². The lowest BCUT2D eigenvalue weighted by atomic mass is 9.98. The number of amides is 1. The third-order valence-electron chi connectivity index (χ3n) is 5.28. The number of tetrazole rings is 1. The van der Waals surface area contributed by atoms with E-state index >= 15 is 0 Å². The highest BCUT2D eigenvalue weighted by molar-refractivity contribution is 5.79. The molecule has 0 spiro atoms. The van der Waals surface area contributed by atoms with E-state index in [0.29, 0.717) is 6.54 Å². The maximum Gasteiger partial charge on any atom is 0.225 e. The Morgan fingerprint density at radius 3 is 2.85 bits per heavy atom. The number of hydrogen-bond donors (Lipinski definition) is 0. The molecular formula is C17H23N7O2. The van der Waals surface area contributed by atoms with Crippen LogP contribution in [0.5, 0.6) is 5.75 Å². The van der Waals surface area contributed by atoms with Crippen LogP contribution in [-0.4, -0.2) is 69.3 Å². The van der Waals surface area contributed by atoms with Crippen molar-refractivity contribution in [3.8, 4) is 5.75 Å². The van der Waals surface area contributed by atoms with Crippen LogP contribution in [-0.2, 0) is 17.8 Å². The van der Waals surface area contributed by atoms with Gasteiger partial charge in [-0.05, 0) is 29.3 Å². The molecule has 1 saturated heterocycles. The lowest BCUT2D eigenvalue weighted by Gasteiger charge is -2.37. The molecule has 26 heavy (non-hydrogen) atoms. The highest BCUT2D eigenvalue weighted by atomic mass is 16.5. The van der Waals surface area contributed by atoms with Crippen molar-refractivity contribution in [1.29, 1.82) is 0 Å². The van der Waals surface area contributed by atoms with Gasteiger partial charge in [0.1, 0.15) is 0 Å². The topological polar surface area (TPSA) is 89.3 Å².